The van der Waals surface area contributed by atoms with E-state index in [0.717, 1.165) is 29.7 Å². The van der Waals surface area contributed by atoms with Crippen molar-refractivity contribution in [2.24, 2.45) is 0 Å². The standard InChI is InChI=1S/C22H23N3O4/c1-15-19(20(25-29-15)16-6-3-2-4-7-16)14-28-22-18(8-5-11-23-22)21(26)24-17-9-12-27-13-10-17/h2-8,11,17H,9-10,12-14H2,1H3,(H,24,26). The molecule has 1 amide bonds. The summed E-state index contributed by atoms with van der Waals surface area (Å²) in [4.78, 5) is 17.0. The lowest BCUT2D eigenvalue weighted by atomic mass is 10.1. The van der Waals surface area contributed by atoms with E-state index in [1.54, 1.807) is 18.3 Å². The maximum absolute atomic E-state index is 12.7. The molecule has 0 atom stereocenters. The lowest BCUT2D eigenvalue weighted by molar-refractivity contribution is 0.0694. The smallest absolute Gasteiger partial charge is 0.256 e. The van der Waals surface area contributed by atoms with Crippen molar-refractivity contribution in [1.29, 1.82) is 0 Å². The minimum Gasteiger partial charge on any atom is -0.472 e. The molecule has 0 saturated carbocycles. The normalized spacial score (nSPS) is 14.5. The number of nitrogens with one attached hydrogen (secondary N) is 1. The van der Waals surface area contributed by atoms with E-state index in [4.69, 9.17) is 14.0 Å². The molecule has 1 N–H and O–H groups in total. The Morgan fingerprint density at radius 2 is 1.97 bits per heavy atom. The van der Waals surface area contributed by atoms with Crippen LogP contribution in [0, 0.1) is 6.92 Å². The van der Waals surface area contributed by atoms with Gasteiger partial charge in [0.15, 0.2) is 0 Å². The Hall–Kier alpha value is -3.19. The molecule has 1 aromatic carbocycles. The Bertz CT molecular complexity index is 965. The highest BCUT2D eigenvalue weighted by atomic mass is 16.5. The van der Waals surface area contributed by atoms with Gasteiger partial charge in [0.05, 0.1) is 5.56 Å². The zero-order chi connectivity index (χ0) is 20.1. The van der Waals surface area contributed by atoms with Crippen LogP contribution in [0.3, 0.4) is 0 Å². The average Bonchev–Trinajstić information content (AvgIpc) is 3.14. The second-order valence-electron chi connectivity index (χ2n) is 6.94. The van der Waals surface area contributed by atoms with Crippen LogP contribution in [0.1, 0.15) is 34.5 Å². The van der Waals surface area contributed by atoms with E-state index in [0.29, 0.717) is 24.5 Å². The van der Waals surface area contributed by atoms with Crippen molar-refractivity contribution in [3.8, 4) is 17.1 Å². The van der Waals surface area contributed by atoms with Crippen LogP contribution >= 0.6 is 0 Å². The molecule has 4 rings (SSSR count). The zero-order valence-electron chi connectivity index (χ0n) is 16.3. The van der Waals surface area contributed by atoms with Crippen molar-refractivity contribution < 1.29 is 18.8 Å². The van der Waals surface area contributed by atoms with Crippen molar-refractivity contribution in [2.45, 2.75) is 32.4 Å². The fraction of sp³-hybridized carbons (Fsp3) is 0.318. The first-order valence-corrected chi connectivity index (χ1v) is 9.69. The maximum atomic E-state index is 12.7. The van der Waals surface area contributed by atoms with Crippen LogP contribution in [0.2, 0.25) is 0 Å². The summed E-state index contributed by atoms with van der Waals surface area (Å²) in [5.41, 5.74) is 2.92. The molecule has 1 aliphatic heterocycles. The van der Waals surface area contributed by atoms with Crippen molar-refractivity contribution in [3.05, 3.63) is 65.5 Å². The van der Waals surface area contributed by atoms with E-state index in [9.17, 15) is 4.79 Å². The van der Waals surface area contributed by atoms with E-state index in [1.807, 2.05) is 37.3 Å². The minimum atomic E-state index is -0.190. The molecular formula is C22H23N3O4. The molecule has 0 bridgehead atoms. The van der Waals surface area contributed by atoms with Crippen LogP contribution in [0.25, 0.3) is 11.3 Å². The monoisotopic (exact) mass is 393 g/mol. The summed E-state index contributed by atoms with van der Waals surface area (Å²) in [6.07, 6.45) is 3.23. The van der Waals surface area contributed by atoms with Gasteiger partial charge in [-0.2, -0.15) is 0 Å². The quantitative estimate of drug-likeness (QED) is 0.689. The molecule has 1 saturated heterocycles. The summed E-state index contributed by atoms with van der Waals surface area (Å²) >= 11 is 0. The fourth-order valence-electron chi connectivity index (χ4n) is 3.31. The molecule has 150 valence electrons. The Kier molecular flexibility index (Phi) is 5.86. The predicted octanol–water partition coefficient (Wildman–Crippen LogP) is 3.53. The second kappa shape index (κ2) is 8.87. The van der Waals surface area contributed by atoms with Gasteiger partial charge >= 0.3 is 0 Å². The largest absolute Gasteiger partial charge is 0.472 e. The number of pyridine rings is 1. The highest BCUT2D eigenvalue weighted by Gasteiger charge is 2.21. The van der Waals surface area contributed by atoms with Gasteiger partial charge in [-0.3, -0.25) is 4.79 Å². The Morgan fingerprint density at radius 1 is 1.17 bits per heavy atom. The van der Waals surface area contributed by atoms with E-state index in [1.165, 1.54) is 0 Å². The van der Waals surface area contributed by atoms with Crippen LogP contribution in [0.4, 0.5) is 0 Å². The van der Waals surface area contributed by atoms with Crippen molar-refractivity contribution in [3.63, 3.8) is 0 Å². The van der Waals surface area contributed by atoms with Gasteiger partial charge in [-0.1, -0.05) is 35.5 Å². The topological polar surface area (TPSA) is 86.5 Å². The van der Waals surface area contributed by atoms with Crippen LogP contribution in [-0.2, 0) is 11.3 Å². The summed E-state index contributed by atoms with van der Waals surface area (Å²) in [5.74, 6) is 0.773. The van der Waals surface area contributed by atoms with Crippen molar-refractivity contribution in [2.75, 3.05) is 13.2 Å². The van der Waals surface area contributed by atoms with Crippen LogP contribution < -0.4 is 10.1 Å². The van der Waals surface area contributed by atoms with Crippen LogP contribution in [-0.4, -0.2) is 35.3 Å². The Labute approximate surface area is 169 Å². The third kappa shape index (κ3) is 4.46. The molecule has 7 heteroatoms. The second-order valence-corrected chi connectivity index (χ2v) is 6.94. The number of hydrogen-bond donors (Lipinski definition) is 1. The summed E-state index contributed by atoms with van der Waals surface area (Å²) in [6.45, 7) is 3.37. The van der Waals surface area contributed by atoms with Gasteiger partial charge in [0, 0.05) is 31.0 Å². The number of benzene rings is 1. The molecule has 1 fully saturated rings. The summed E-state index contributed by atoms with van der Waals surface area (Å²) in [5, 5.41) is 7.21. The van der Waals surface area contributed by atoms with Crippen LogP contribution in [0.15, 0.2) is 53.2 Å². The molecule has 3 heterocycles. The first kappa shape index (κ1) is 19.1. The molecular weight excluding hydrogens is 370 g/mol. The van der Waals surface area contributed by atoms with Gasteiger partial charge in [-0.15, -0.1) is 0 Å². The fourth-order valence-corrected chi connectivity index (χ4v) is 3.31. The summed E-state index contributed by atoms with van der Waals surface area (Å²) in [7, 11) is 0. The lowest BCUT2D eigenvalue weighted by Gasteiger charge is -2.23. The minimum absolute atomic E-state index is 0.106. The maximum Gasteiger partial charge on any atom is 0.256 e. The van der Waals surface area contributed by atoms with E-state index < -0.39 is 0 Å². The molecule has 0 aliphatic carbocycles. The van der Waals surface area contributed by atoms with Crippen molar-refractivity contribution in [1.82, 2.24) is 15.5 Å². The lowest BCUT2D eigenvalue weighted by Crippen LogP contribution is -2.39. The van der Waals surface area contributed by atoms with Crippen LogP contribution in [0.5, 0.6) is 5.88 Å². The molecule has 0 spiro atoms. The Morgan fingerprint density at radius 3 is 2.76 bits per heavy atom. The number of carbonyl (C=O) groups is 1. The number of amides is 1. The van der Waals surface area contributed by atoms with Gasteiger partial charge < -0.3 is 19.3 Å². The van der Waals surface area contributed by atoms with Gasteiger partial charge in [-0.05, 0) is 31.9 Å². The SMILES string of the molecule is Cc1onc(-c2ccccc2)c1COc1ncccc1C(=O)NC1CCOCC1. The molecule has 3 aromatic rings. The summed E-state index contributed by atoms with van der Waals surface area (Å²) < 4.78 is 16.7. The molecule has 2 aromatic heterocycles. The summed E-state index contributed by atoms with van der Waals surface area (Å²) in [6, 6.07) is 13.3. The first-order valence-electron chi connectivity index (χ1n) is 9.69. The number of carbonyl (C=O) groups excluding carboxylic acids is 1. The molecule has 29 heavy (non-hydrogen) atoms. The third-order valence-electron chi connectivity index (χ3n) is 4.96. The predicted molar refractivity (Wildman–Crippen MR) is 107 cm³/mol. The van der Waals surface area contributed by atoms with Gasteiger partial charge in [0.1, 0.15) is 23.6 Å². The van der Waals surface area contributed by atoms with E-state index >= 15 is 0 Å². The Balaban J connectivity index is 1.50. The molecule has 7 nitrogen and oxygen atoms in total. The highest BCUT2D eigenvalue weighted by Crippen LogP contribution is 2.27. The highest BCUT2D eigenvalue weighted by molar-refractivity contribution is 5.96. The average molecular weight is 393 g/mol. The number of rotatable bonds is 6. The van der Waals surface area contributed by atoms with E-state index in [-0.39, 0.29) is 24.4 Å². The zero-order valence-corrected chi connectivity index (χ0v) is 16.3. The number of nitrogens with zero attached hydrogens (tertiary/aromatic N) is 2. The van der Waals surface area contributed by atoms with E-state index in [2.05, 4.69) is 15.5 Å². The third-order valence-corrected chi connectivity index (χ3v) is 4.96. The molecule has 0 radical (unpaired) electrons. The molecule has 0 unspecified atom stereocenters. The number of aryl methyl sites for hydroxylation is 1. The van der Waals surface area contributed by atoms with Gasteiger partial charge in [-0.25, -0.2) is 4.98 Å². The number of aromatic nitrogens is 2. The van der Waals surface area contributed by atoms with Gasteiger partial charge in [0.2, 0.25) is 5.88 Å². The van der Waals surface area contributed by atoms with Gasteiger partial charge in [0.25, 0.3) is 5.91 Å². The number of ether oxygens (including phenoxy) is 2. The number of hydrogen-bond acceptors (Lipinski definition) is 6. The van der Waals surface area contributed by atoms with Crippen molar-refractivity contribution >= 4 is 5.91 Å². The molecule has 1 aliphatic rings. The first-order chi connectivity index (χ1) is 14.2.